The van der Waals surface area contributed by atoms with Crippen molar-refractivity contribution < 1.29 is 9.15 Å². The van der Waals surface area contributed by atoms with Gasteiger partial charge < -0.3 is 14.1 Å². The summed E-state index contributed by atoms with van der Waals surface area (Å²) in [6.45, 7) is 8.13. The maximum Gasteiger partial charge on any atom is 0.160 e. The average Bonchev–Trinajstić information content (AvgIpc) is 3.70. The highest BCUT2D eigenvalue weighted by Crippen LogP contribution is 2.43. The van der Waals surface area contributed by atoms with Crippen LogP contribution in [0.25, 0.3) is 72.5 Å². The van der Waals surface area contributed by atoms with Gasteiger partial charge in [0.2, 0.25) is 0 Å². The number of benzene rings is 7. The third kappa shape index (κ3) is 7.18. The van der Waals surface area contributed by atoms with Gasteiger partial charge in [-0.1, -0.05) is 152 Å². The largest absolute Gasteiger partial charge is 0.496 e. The Labute approximate surface area is 350 Å². The maximum absolute atomic E-state index is 7.01. The fourth-order valence-electron chi connectivity index (χ4n) is 7.91. The lowest BCUT2D eigenvalue weighted by Gasteiger charge is -2.28. The lowest BCUT2D eigenvalue weighted by molar-refractivity contribution is 0.309. The topological polar surface area (TPSA) is 51.4 Å². The van der Waals surface area contributed by atoms with Gasteiger partial charge in [0.25, 0.3) is 0 Å². The van der Waals surface area contributed by atoms with Crippen LogP contribution >= 0.6 is 0 Å². The molecule has 0 saturated heterocycles. The van der Waals surface area contributed by atoms with Gasteiger partial charge >= 0.3 is 0 Å². The molecular formula is C55H43N3O2. The predicted octanol–water partition coefficient (Wildman–Crippen LogP) is 14.9. The van der Waals surface area contributed by atoms with E-state index in [1.54, 1.807) is 13.2 Å². The molecule has 2 aromatic heterocycles. The number of rotatable bonds is 11. The molecule has 0 unspecified atom stereocenters. The summed E-state index contributed by atoms with van der Waals surface area (Å²) in [5.41, 5.74) is 14.5. The summed E-state index contributed by atoms with van der Waals surface area (Å²) < 4.78 is 12.7. The molecule has 0 spiro atoms. The second kappa shape index (κ2) is 16.6. The van der Waals surface area contributed by atoms with Crippen molar-refractivity contribution in [2.24, 2.45) is 0 Å². The van der Waals surface area contributed by atoms with Crippen molar-refractivity contribution in [1.82, 2.24) is 9.97 Å². The van der Waals surface area contributed by atoms with Crippen molar-refractivity contribution in [3.8, 4) is 45.0 Å². The molecule has 0 amide bonds. The Hall–Kier alpha value is -7.76. The molecule has 0 N–H and O–H groups in total. The van der Waals surface area contributed by atoms with Crippen LogP contribution in [0.3, 0.4) is 0 Å². The zero-order valence-corrected chi connectivity index (χ0v) is 33.8. The standard InChI is InChI=1S/C55H43N3O2/c1-5-18-44(52(6-2)59-4)38-31-33-43(34-32-38)58(42-23-14-9-15-24-42)51-35-41(30-29-37(51)3)45-25-16-26-46-47-27-17-28-48(54(47)60-53(45)46)50-36-49(39-19-10-7-11-20-39)56-55(57-50)40-21-12-8-13-22-40/h5-36H,2H2,1,3-4H3/b18-5-,52-44-. The summed E-state index contributed by atoms with van der Waals surface area (Å²) >= 11 is 0. The maximum atomic E-state index is 7.01. The number of fused-ring (bicyclic) bond motifs is 3. The monoisotopic (exact) mass is 777 g/mol. The Morgan fingerprint density at radius 2 is 1.20 bits per heavy atom. The van der Waals surface area contributed by atoms with Crippen LogP contribution in [0.5, 0.6) is 0 Å². The van der Waals surface area contributed by atoms with Crippen LogP contribution in [0.15, 0.2) is 211 Å². The van der Waals surface area contributed by atoms with E-state index in [1.165, 1.54) is 0 Å². The number of hydrogen-bond donors (Lipinski definition) is 0. The van der Waals surface area contributed by atoms with Crippen molar-refractivity contribution in [1.29, 1.82) is 0 Å². The van der Waals surface area contributed by atoms with E-state index in [4.69, 9.17) is 19.1 Å². The van der Waals surface area contributed by atoms with Crippen LogP contribution < -0.4 is 4.90 Å². The van der Waals surface area contributed by atoms with Gasteiger partial charge in [0, 0.05) is 55.7 Å². The van der Waals surface area contributed by atoms with Crippen LogP contribution in [-0.2, 0) is 4.74 Å². The molecule has 60 heavy (non-hydrogen) atoms. The zero-order chi connectivity index (χ0) is 41.0. The van der Waals surface area contributed by atoms with Crippen LogP contribution in [-0.4, -0.2) is 17.1 Å². The van der Waals surface area contributed by atoms with Crippen molar-refractivity contribution in [2.75, 3.05) is 12.0 Å². The number of hydrogen-bond acceptors (Lipinski definition) is 5. The van der Waals surface area contributed by atoms with Crippen LogP contribution in [0.2, 0.25) is 0 Å². The fraction of sp³-hybridized carbons (Fsp3) is 0.0545. The van der Waals surface area contributed by atoms with E-state index in [1.807, 2.05) is 67.6 Å². The normalized spacial score (nSPS) is 11.8. The minimum absolute atomic E-state index is 0.664. The van der Waals surface area contributed by atoms with Gasteiger partial charge in [0.15, 0.2) is 5.82 Å². The first-order chi connectivity index (χ1) is 29.5. The number of anilines is 3. The molecule has 0 aliphatic rings. The fourth-order valence-corrected chi connectivity index (χ4v) is 7.91. The second-order valence-electron chi connectivity index (χ2n) is 14.6. The molecule has 5 nitrogen and oxygen atoms in total. The summed E-state index contributed by atoms with van der Waals surface area (Å²) in [5.74, 6) is 1.39. The summed E-state index contributed by atoms with van der Waals surface area (Å²) in [6, 6.07) is 60.9. The summed E-state index contributed by atoms with van der Waals surface area (Å²) in [6.07, 6.45) is 5.81. The smallest absolute Gasteiger partial charge is 0.160 e. The van der Waals surface area contributed by atoms with Crippen molar-refractivity contribution in [3.63, 3.8) is 0 Å². The highest BCUT2D eigenvalue weighted by Gasteiger charge is 2.21. The first kappa shape index (κ1) is 37.8. The molecular weight excluding hydrogens is 735 g/mol. The predicted molar refractivity (Wildman–Crippen MR) is 249 cm³/mol. The van der Waals surface area contributed by atoms with E-state index >= 15 is 0 Å². The van der Waals surface area contributed by atoms with E-state index in [9.17, 15) is 0 Å². The number of ether oxygens (including phenoxy) is 1. The Balaban J connectivity index is 1.18. The summed E-state index contributed by atoms with van der Waals surface area (Å²) in [5, 5.41) is 2.07. The Morgan fingerprint density at radius 3 is 1.85 bits per heavy atom. The molecule has 0 aliphatic carbocycles. The molecule has 9 rings (SSSR count). The minimum Gasteiger partial charge on any atom is -0.496 e. The van der Waals surface area contributed by atoms with Crippen LogP contribution in [0, 0.1) is 6.92 Å². The molecule has 0 saturated carbocycles. The van der Waals surface area contributed by atoms with Crippen LogP contribution in [0.4, 0.5) is 17.1 Å². The number of aryl methyl sites for hydroxylation is 1. The number of aromatic nitrogens is 2. The number of para-hydroxylation sites is 3. The third-order valence-corrected chi connectivity index (χ3v) is 10.8. The Kier molecular flexibility index (Phi) is 10.5. The van der Waals surface area contributed by atoms with Crippen molar-refractivity contribution >= 4 is 44.6 Å². The molecule has 2 heterocycles. The quantitative estimate of drug-likeness (QED) is 0.0967. The van der Waals surface area contributed by atoms with Gasteiger partial charge in [0.1, 0.15) is 16.9 Å². The molecule has 0 bridgehead atoms. The molecule has 0 fully saturated rings. The molecule has 0 atom stereocenters. The molecule has 0 radical (unpaired) electrons. The van der Waals surface area contributed by atoms with Gasteiger partial charge in [-0.25, -0.2) is 9.97 Å². The molecule has 9 aromatic rings. The highest BCUT2D eigenvalue weighted by atomic mass is 16.5. The Morgan fingerprint density at radius 1 is 0.600 bits per heavy atom. The molecule has 0 aliphatic heterocycles. The van der Waals surface area contributed by atoms with E-state index in [0.717, 1.165) is 101 Å². The number of methoxy groups -OCH3 is 1. The lowest BCUT2D eigenvalue weighted by Crippen LogP contribution is -2.11. The minimum atomic E-state index is 0.664. The van der Waals surface area contributed by atoms with Gasteiger partial charge in [-0.15, -0.1) is 0 Å². The zero-order valence-electron chi connectivity index (χ0n) is 33.8. The first-order valence-electron chi connectivity index (χ1n) is 20.1. The van der Waals surface area contributed by atoms with E-state index in [-0.39, 0.29) is 0 Å². The molecule has 290 valence electrons. The third-order valence-electron chi connectivity index (χ3n) is 10.8. The van der Waals surface area contributed by atoms with Gasteiger partial charge in [-0.3, -0.25) is 0 Å². The van der Waals surface area contributed by atoms with Gasteiger partial charge in [-0.2, -0.15) is 0 Å². The van der Waals surface area contributed by atoms with Crippen molar-refractivity contribution in [3.05, 3.63) is 218 Å². The number of allylic oxidation sites excluding steroid dienone is 4. The lowest BCUT2D eigenvalue weighted by atomic mass is 9.98. The van der Waals surface area contributed by atoms with Crippen molar-refractivity contribution in [2.45, 2.75) is 13.8 Å². The highest BCUT2D eigenvalue weighted by molar-refractivity contribution is 6.13. The average molecular weight is 778 g/mol. The van der Waals surface area contributed by atoms with Crippen LogP contribution in [0.1, 0.15) is 18.1 Å². The number of nitrogens with zero attached hydrogens (tertiary/aromatic N) is 3. The summed E-state index contributed by atoms with van der Waals surface area (Å²) in [4.78, 5) is 12.5. The molecule has 7 aromatic carbocycles. The first-order valence-corrected chi connectivity index (χ1v) is 20.1. The van der Waals surface area contributed by atoms with E-state index in [0.29, 0.717) is 5.82 Å². The second-order valence-corrected chi connectivity index (χ2v) is 14.6. The molecule has 5 heteroatoms. The van der Waals surface area contributed by atoms with E-state index < -0.39 is 0 Å². The van der Waals surface area contributed by atoms with Gasteiger partial charge in [-0.05, 0) is 79.1 Å². The SMILES string of the molecule is C=C/C(OC)=C(\C=C/C)c1ccc(N(c2ccccc2)c2cc(-c3cccc4c3oc3c(-c5cc(-c6ccccc6)nc(-c6ccccc6)n5)cccc34)ccc2C)cc1. The summed E-state index contributed by atoms with van der Waals surface area (Å²) in [7, 11) is 1.67. The van der Waals surface area contributed by atoms with E-state index in [2.05, 4.69) is 146 Å². The van der Waals surface area contributed by atoms with Gasteiger partial charge in [0.05, 0.1) is 18.5 Å². The number of furan rings is 1. The Bertz CT molecular complexity index is 2980.